The first kappa shape index (κ1) is 28.7. The average molecular weight is 669 g/mol. The van der Waals surface area contributed by atoms with Crippen LogP contribution in [-0.2, 0) is 0 Å². The number of nitrogens with zero attached hydrogens (tertiary/aromatic N) is 2. The fourth-order valence-corrected chi connectivity index (χ4v) is 9.65. The zero-order chi connectivity index (χ0) is 33.5. The molecule has 2 nitrogen and oxygen atoms in total. The molecule has 0 spiro atoms. The van der Waals surface area contributed by atoms with Crippen LogP contribution in [-0.4, -0.2) is 10.6 Å². The average Bonchev–Trinajstić information content (AvgIpc) is 3.85. The Morgan fingerprint density at radius 2 is 1.18 bits per heavy atom. The number of benzene rings is 7. The third-order valence-electron chi connectivity index (χ3n) is 10.9. The van der Waals surface area contributed by atoms with Crippen LogP contribution in [0, 0.1) is 0 Å². The monoisotopic (exact) mass is 668 g/mol. The standard InChI is InChI=1S/C48H32N2S/c1-2-10-35(11-3-1)50-43-15-7-4-12-37(43)39-25-20-33(29-46(39)50)32-22-27-45-42(28-32)38-13-5-8-16-44(38)49(45)36-23-18-31(19-24-36)34-21-26-41-40-14-6-9-17-47(40)51-48(41)30-34/h1-14,16-30,43H,15H2. The zero-order valence-corrected chi connectivity index (χ0v) is 28.6. The molecule has 51 heavy (non-hydrogen) atoms. The molecule has 3 heterocycles. The lowest BCUT2D eigenvalue weighted by Crippen LogP contribution is -2.26. The van der Waals surface area contributed by atoms with E-state index in [2.05, 4.69) is 185 Å². The molecular formula is C48H32N2S. The molecule has 0 bridgehead atoms. The summed E-state index contributed by atoms with van der Waals surface area (Å²) in [6.45, 7) is 0. The summed E-state index contributed by atoms with van der Waals surface area (Å²) < 4.78 is 5.09. The number of para-hydroxylation sites is 2. The quantitative estimate of drug-likeness (QED) is 0.181. The van der Waals surface area contributed by atoms with E-state index >= 15 is 0 Å². The van der Waals surface area contributed by atoms with E-state index in [-0.39, 0.29) is 0 Å². The molecule has 1 unspecified atom stereocenters. The highest BCUT2D eigenvalue weighted by molar-refractivity contribution is 7.25. The van der Waals surface area contributed by atoms with Crippen molar-refractivity contribution in [3.05, 3.63) is 182 Å². The van der Waals surface area contributed by atoms with Gasteiger partial charge in [0, 0.05) is 53.6 Å². The van der Waals surface area contributed by atoms with Crippen molar-refractivity contribution in [1.29, 1.82) is 0 Å². The van der Waals surface area contributed by atoms with Crippen molar-refractivity contribution in [2.24, 2.45) is 0 Å². The maximum atomic E-state index is 2.53. The molecule has 1 aliphatic carbocycles. The Hall–Kier alpha value is -6.16. The van der Waals surface area contributed by atoms with Crippen molar-refractivity contribution in [2.75, 3.05) is 4.90 Å². The molecule has 240 valence electrons. The maximum absolute atomic E-state index is 2.53. The van der Waals surface area contributed by atoms with Crippen LogP contribution in [0.3, 0.4) is 0 Å². The molecule has 3 heteroatoms. The predicted octanol–water partition coefficient (Wildman–Crippen LogP) is 13.3. The first-order chi connectivity index (χ1) is 25.3. The van der Waals surface area contributed by atoms with E-state index in [0.29, 0.717) is 6.04 Å². The van der Waals surface area contributed by atoms with Crippen molar-refractivity contribution in [2.45, 2.75) is 12.5 Å². The fourth-order valence-electron chi connectivity index (χ4n) is 8.50. The summed E-state index contributed by atoms with van der Waals surface area (Å²) in [5.74, 6) is 0. The van der Waals surface area contributed by atoms with Crippen molar-refractivity contribution >= 4 is 70.3 Å². The summed E-state index contributed by atoms with van der Waals surface area (Å²) in [5, 5.41) is 5.21. The SMILES string of the molecule is C1=CCC2C(=C1)c1ccc(-c3ccc4c(c3)c3ccccc3n4-c3ccc(-c4ccc5c(c4)sc4ccccc45)cc3)cc1N2c1ccccc1. The van der Waals surface area contributed by atoms with Crippen LogP contribution in [0.4, 0.5) is 11.4 Å². The minimum absolute atomic E-state index is 0.327. The van der Waals surface area contributed by atoms with Crippen LogP contribution >= 0.6 is 11.3 Å². The lowest BCUT2D eigenvalue weighted by molar-refractivity contribution is 0.829. The van der Waals surface area contributed by atoms with Gasteiger partial charge in [0.15, 0.2) is 0 Å². The van der Waals surface area contributed by atoms with Gasteiger partial charge in [0.25, 0.3) is 0 Å². The second-order valence-corrected chi connectivity index (χ2v) is 14.8. The van der Waals surface area contributed by atoms with Crippen molar-refractivity contribution < 1.29 is 0 Å². The van der Waals surface area contributed by atoms with Gasteiger partial charge in [0.1, 0.15) is 0 Å². The molecule has 0 fully saturated rings. The lowest BCUT2D eigenvalue weighted by atomic mass is 9.94. The number of rotatable bonds is 4. The molecule has 0 radical (unpaired) electrons. The third-order valence-corrected chi connectivity index (χ3v) is 12.0. The first-order valence-corrected chi connectivity index (χ1v) is 18.5. The lowest BCUT2D eigenvalue weighted by Gasteiger charge is -2.28. The van der Waals surface area contributed by atoms with E-state index in [1.54, 1.807) is 0 Å². The van der Waals surface area contributed by atoms with E-state index in [9.17, 15) is 0 Å². The van der Waals surface area contributed by atoms with Gasteiger partial charge in [-0.3, -0.25) is 0 Å². The van der Waals surface area contributed by atoms with Gasteiger partial charge in [-0.25, -0.2) is 0 Å². The Balaban J connectivity index is 0.994. The summed E-state index contributed by atoms with van der Waals surface area (Å²) in [6, 6.07) is 58.7. The number of hydrogen-bond acceptors (Lipinski definition) is 2. The number of fused-ring (bicyclic) bond motifs is 9. The minimum atomic E-state index is 0.327. The normalized spacial score (nSPS) is 15.2. The molecule has 0 amide bonds. The van der Waals surface area contributed by atoms with Gasteiger partial charge in [-0.2, -0.15) is 0 Å². The maximum Gasteiger partial charge on any atom is 0.0632 e. The molecule has 2 aromatic heterocycles. The molecule has 1 atom stereocenters. The summed E-state index contributed by atoms with van der Waals surface area (Å²) in [5.41, 5.74) is 13.8. The Morgan fingerprint density at radius 3 is 2.08 bits per heavy atom. The molecule has 11 rings (SSSR count). The van der Waals surface area contributed by atoms with E-state index in [0.717, 1.165) is 6.42 Å². The van der Waals surface area contributed by atoms with Gasteiger partial charge in [-0.15, -0.1) is 11.3 Å². The van der Waals surface area contributed by atoms with Crippen LogP contribution in [0.2, 0.25) is 0 Å². The summed E-state index contributed by atoms with van der Waals surface area (Å²) in [4.78, 5) is 2.53. The van der Waals surface area contributed by atoms with Gasteiger partial charge in [-0.1, -0.05) is 115 Å². The highest BCUT2D eigenvalue weighted by Gasteiger charge is 2.35. The van der Waals surface area contributed by atoms with Crippen LogP contribution in [0.15, 0.2) is 176 Å². The van der Waals surface area contributed by atoms with Crippen LogP contribution in [0.25, 0.3) is 75.5 Å². The van der Waals surface area contributed by atoms with E-state index < -0.39 is 0 Å². The van der Waals surface area contributed by atoms with Gasteiger partial charge < -0.3 is 9.47 Å². The topological polar surface area (TPSA) is 8.17 Å². The molecular weight excluding hydrogens is 637 g/mol. The van der Waals surface area contributed by atoms with Gasteiger partial charge in [0.2, 0.25) is 0 Å². The molecule has 1 aliphatic heterocycles. The smallest absolute Gasteiger partial charge is 0.0632 e. The Bertz CT molecular complexity index is 2890. The number of hydrogen-bond donors (Lipinski definition) is 0. The minimum Gasteiger partial charge on any atom is -0.333 e. The fraction of sp³-hybridized carbons (Fsp3) is 0.0417. The highest BCUT2D eigenvalue weighted by atomic mass is 32.1. The zero-order valence-electron chi connectivity index (χ0n) is 27.8. The molecule has 0 N–H and O–H groups in total. The van der Waals surface area contributed by atoms with Gasteiger partial charge in [0.05, 0.1) is 17.1 Å². The van der Waals surface area contributed by atoms with Gasteiger partial charge in [-0.05, 0) is 94.9 Å². The first-order valence-electron chi connectivity index (χ1n) is 17.7. The summed E-state index contributed by atoms with van der Waals surface area (Å²) >= 11 is 1.87. The third kappa shape index (κ3) is 4.42. The number of thiophene rings is 1. The number of aromatic nitrogens is 1. The molecule has 2 aliphatic rings. The molecule has 9 aromatic rings. The Labute approximate surface area is 300 Å². The summed E-state index contributed by atoms with van der Waals surface area (Å²) in [6.07, 6.45) is 7.81. The van der Waals surface area contributed by atoms with Crippen molar-refractivity contribution in [3.63, 3.8) is 0 Å². The Kier molecular flexibility index (Phi) is 6.28. The van der Waals surface area contributed by atoms with Crippen molar-refractivity contribution in [1.82, 2.24) is 4.57 Å². The Morgan fingerprint density at radius 1 is 0.490 bits per heavy atom. The van der Waals surface area contributed by atoms with Crippen LogP contribution < -0.4 is 4.90 Å². The molecule has 0 saturated heterocycles. The second kappa shape index (κ2) is 11.2. The van der Waals surface area contributed by atoms with Crippen molar-refractivity contribution in [3.8, 4) is 27.9 Å². The number of allylic oxidation sites excluding steroid dienone is 2. The highest BCUT2D eigenvalue weighted by Crippen LogP contribution is 2.49. The van der Waals surface area contributed by atoms with E-state index in [1.807, 2.05) is 11.3 Å². The summed E-state index contributed by atoms with van der Waals surface area (Å²) in [7, 11) is 0. The van der Waals surface area contributed by atoms with E-state index in [1.165, 1.54) is 92.4 Å². The van der Waals surface area contributed by atoms with Crippen LogP contribution in [0.1, 0.15) is 12.0 Å². The molecule has 0 saturated carbocycles. The van der Waals surface area contributed by atoms with Crippen LogP contribution in [0.5, 0.6) is 0 Å². The largest absolute Gasteiger partial charge is 0.333 e. The second-order valence-electron chi connectivity index (χ2n) is 13.7. The predicted molar refractivity (Wildman–Crippen MR) is 219 cm³/mol. The number of anilines is 2. The van der Waals surface area contributed by atoms with E-state index in [4.69, 9.17) is 0 Å². The van der Waals surface area contributed by atoms with Gasteiger partial charge >= 0.3 is 0 Å². The molecule has 7 aromatic carbocycles.